The third-order valence-corrected chi connectivity index (χ3v) is 5.44. The molecule has 23 heavy (non-hydrogen) atoms. The van der Waals surface area contributed by atoms with Gasteiger partial charge in [0, 0.05) is 17.1 Å². The van der Waals surface area contributed by atoms with Crippen molar-refractivity contribution in [3.63, 3.8) is 0 Å². The predicted molar refractivity (Wildman–Crippen MR) is 97.6 cm³/mol. The van der Waals surface area contributed by atoms with Crippen molar-refractivity contribution >= 4 is 10.8 Å². The maximum Gasteiger partial charge on any atom is 0.0575 e. The van der Waals surface area contributed by atoms with Gasteiger partial charge in [-0.05, 0) is 63.8 Å². The van der Waals surface area contributed by atoms with Crippen LogP contribution < -0.4 is 0 Å². The minimum absolute atomic E-state index is 0.0302. The van der Waals surface area contributed by atoms with E-state index < -0.39 is 0 Å². The van der Waals surface area contributed by atoms with Gasteiger partial charge in [-0.25, -0.2) is 0 Å². The molecular formula is C21H29NO. The molecule has 1 heterocycles. The molecule has 1 unspecified atom stereocenters. The van der Waals surface area contributed by atoms with Crippen LogP contribution in [0, 0.1) is 0 Å². The molecule has 0 aromatic heterocycles. The SMILES string of the molecule is CC(c1cccc2ccccc12)N1C(C)(C)CC(O)CC1(C)C. The second kappa shape index (κ2) is 5.61. The Hall–Kier alpha value is -1.38. The minimum Gasteiger partial charge on any atom is -0.393 e. The molecule has 1 atom stereocenters. The lowest BCUT2D eigenvalue weighted by molar-refractivity contribution is -0.102. The lowest BCUT2D eigenvalue weighted by Gasteiger charge is -2.57. The fourth-order valence-corrected chi connectivity index (χ4v) is 5.04. The summed E-state index contributed by atoms with van der Waals surface area (Å²) < 4.78 is 0. The van der Waals surface area contributed by atoms with Gasteiger partial charge in [-0.3, -0.25) is 4.90 Å². The first kappa shape index (κ1) is 16.5. The first-order chi connectivity index (χ1) is 10.7. The van der Waals surface area contributed by atoms with Crippen molar-refractivity contribution in [3.8, 4) is 0 Å². The fraction of sp³-hybridized carbons (Fsp3) is 0.524. The van der Waals surface area contributed by atoms with Crippen LogP contribution in [0.3, 0.4) is 0 Å². The number of likely N-dealkylation sites (tertiary alicyclic amines) is 1. The second-order valence-corrected chi connectivity index (χ2v) is 8.30. The van der Waals surface area contributed by atoms with Crippen LogP contribution in [0.2, 0.25) is 0 Å². The Balaban J connectivity index is 2.08. The molecule has 1 fully saturated rings. The van der Waals surface area contributed by atoms with E-state index in [2.05, 4.69) is 82.0 Å². The van der Waals surface area contributed by atoms with E-state index in [4.69, 9.17) is 0 Å². The molecule has 0 amide bonds. The highest BCUT2D eigenvalue weighted by atomic mass is 16.3. The van der Waals surface area contributed by atoms with Crippen molar-refractivity contribution in [2.45, 2.75) is 70.7 Å². The topological polar surface area (TPSA) is 23.5 Å². The lowest BCUT2D eigenvalue weighted by atomic mass is 9.76. The Morgan fingerprint density at radius 1 is 0.957 bits per heavy atom. The first-order valence-electron chi connectivity index (χ1n) is 8.67. The Bertz CT molecular complexity index is 681. The maximum atomic E-state index is 10.3. The van der Waals surface area contributed by atoms with Gasteiger partial charge in [-0.1, -0.05) is 42.5 Å². The van der Waals surface area contributed by atoms with Gasteiger partial charge in [0.05, 0.1) is 6.10 Å². The molecule has 1 N–H and O–H groups in total. The van der Waals surface area contributed by atoms with Gasteiger partial charge in [-0.2, -0.15) is 0 Å². The summed E-state index contributed by atoms with van der Waals surface area (Å²) in [7, 11) is 0. The molecule has 1 saturated heterocycles. The smallest absolute Gasteiger partial charge is 0.0575 e. The Morgan fingerprint density at radius 3 is 2.17 bits per heavy atom. The number of aliphatic hydroxyl groups excluding tert-OH is 1. The molecule has 124 valence electrons. The van der Waals surface area contributed by atoms with Crippen molar-refractivity contribution in [1.29, 1.82) is 0 Å². The van der Waals surface area contributed by atoms with Gasteiger partial charge in [0.2, 0.25) is 0 Å². The molecule has 0 bridgehead atoms. The number of hydrogen-bond donors (Lipinski definition) is 1. The second-order valence-electron chi connectivity index (χ2n) is 8.30. The number of aliphatic hydroxyl groups is 1. The Kier molecular flexibility index (Phi) is 4.02. The van der Waals surface area contributed by atoms with Gasteiger partial charge in [0.15, 0.2) is 0 Å². The van der Waals surface area contributed by atoms with Crippen molar-refractivity contribution in [1.82, 2.24) is 4.90 Å². The van der Waals surface area contributed by atoms with Crippen LogP contribution in [0.1, 0.15) is 59.1 Å². The van der Waals surface area contributed by atoms with E-state index >= 15 is 0 Å². The van der Waals surface area contributed by atoms with Gasteiger partial charge in [-0.15, -0.1) is 0 Å². The predicted octanol–water partition coefficient (Wildman–Crippen LogP) is 4.91. The molecule has 3 rings (SSSR count). The number of benzene rings is 2. The van der Waals surface area contributed by atoms with E-state index in [-0.39, 0.29) is 17.2 Å². The van der Waals surface area contributed by atoms with E-state index in [0.717, 1.165) is 12.8 Å². The van der Waals surface area contributed by atoms with Crippen molar-refractivity contribution < 1.29 is 5.11 Å². The van der Waals surface area contributed by atoms with E-state index in [9.17, 15) is 5.11 Å². The maximum absolute atomic E-state index is 10.3. The minimum atomic E-state index is -0.212. The molecule has 0 aliphatic carbocycles. The molecule has 2 heteroatoms. The van der Waals surface area contributed by atoms with Crippen LogP contribution in [-0.2, 0) is 0 Å². The summed E-state index contributed by atoms with van der Waals surface area (Å²) >= 11 is 0. The van der Waals surface area contributed by atoms with E-state index in [1.165, 1.54) is 16.3 Å². The number of hydrogen-bond acceptors (Lipinski definition) is 2. The van der Waals surface area contributed by atoms with E-state index in [0.29, 0.717) is 6.04 Å². The fourth-order valence-electron chi connectivity index (χ4n) is 5.04. The number of fused-ring (bicyclic) bond motifs is 1. The van der Waals surface area contributed by atoms with Crippen molar-refractivity contribution in [3.05, 3.63) is 48.0 Å². The summed E-state index contributed by atoms with van der Waals surface area (Å²) in [6.07, 6.45) is 1.44. The monoisotopic (exact) mass is 311 g/mol. The first-order valence-corrected chi connectivity index (χ1v) is 8.67. The summed E-state index contributed by atoms with van der Waals surface area (Å²) in [5, 5.41) is 12.9. The molecule has 0 spiro atoms. The largest absolute Gasteiger partial charge is 0.393 e. The molecule has 1 aliphatic rings. The third-order valence-electron chi connectivity index (χ3n) is 5.44. The Morgan fingerprint density at radius 2 is 1.52 bits per heavy atom. The van der Waals surface area contributed by atoms with E-state index in [1.54, 1.807) is 0 Å². The summed E-state index contributed by atoms with van der Waals surface area (Å²) in [4.78, 5) is 2.61. The zero-order valence-corrected chi connectivity index (χ0v) is 15.0. The summed E-state index contributed by atoms with van der Waals surface area (Å²) in [5.41, 5.74) is 1.32. The van der Waals surface area contributed by atoms with Crippen molar-refractivity contribution in [2.24, 2.45) is 0 Å². The van der Waals surface area contributed by atoms with Gasteiger partial charge in [0.1, 0.15) is 0 Å². The van der Waals surface area contributed by atoms with Crippen LogP contribution in [0.4, 0.5) is 0 Å². The van der Waals surface area contributed by atoms with Crippen LogP contribution in [-0.4, -0.2) is 27.2 Å². The number of rotatable bonds is 2. The molecule has 2 aromatic rings. The van der Waals surface area contributed by atoms with E-state index in [1.807, 2.05) is 0 Å². The normalized spacial score (nSPS) is 23.0. The zero-order valence-electron chi connectivity index (χ0n) is 15.0. The molecule has 2 nitrogen and oxygen atoms in total. The van der Waals surface area contributed by atoms with Crippen LogP contribution >= 0.6 is 0 Å². The van der Waals surface area contributed by atoms with Gasteiger partial charge >= 0.3 is 0 Å². The highest BCUT2D eigenvalue weighted by molar-refractivity contribution is 5.86. The number of piperidine rings is 1. The quantitative estimate of drug-likeness (QED) is 0.851. The average molecular weight is 311 g/mol. The summed E-state index contributed by atoms with van der Waals surface area (Å²) in [6, 6.07) is 15.5. The summed E-state index contributed by atoms with van der Waals surface area (Å²) in [5.74, 6) is 0. The van der Waals surface area contributed by atoms with Crippen LogP contribution in [0.15, 0.2) is 42.5 Å². The highest BCUT2D eigenvalue weighted by Crippen LogP contribution is 2.45. The standard InChI is InChI=1S/C21H29NO/c1-15(18-12-8-10-16-9-6-7-11-19(16)18)22-20(2,3)13-17(23)14-21(22,4)5/h6-12,15,17,23H,13-14H2,1-5H3. The molecule has 2 aromatic carbocycles. The van der Waals surface area contributed by atoms with Gasteiger partial charge in [0.25, 0.3) is 0 Å². The Labute approximate surface area is 140 Å². The highest BCUT2D eigenvalue weighted by Gasteiger charge is 2.47. The van der Waals surface area contributed by atoms with Crippen LogP contribution in [0.25, 0.3) is 10.8 Å². The molecule has 0 saturated carbocycles. The third kappa shape index (κ3) is 2.90. The van der Waals surface area contributed by atoms with Crippen LogP contribution in [0.5, 0.6) is 0 Å². The molecular weight excluding hydrogens is 282 g/mol. The zero-order chi connectivity index (χ0) is 16.8. The van der Waals surface area contributed by atoms with Crippen molar-refractivity contribution in [2.75, 3.05) is 0 Å². The lowest BCUT2D eigenvalue weighted by Crippen LogP contribution is -2.62. The van der Waals surface area contributed by atoms with Gasteiger partial charge < -0.3 is 5.11 Å². The molecule has 0 radical (unpaired) electrons. The summed E-state index contributed by atoms with van der Waals surface area (Å²) in [6.45, 7) is 11.4. The number of nitrogens with zero attached hydrogens (tertiary/aromatic N) is 1. The molecule has 1 aliphatic heterocycles. The average Bonchev–Trinajstić information content (AvgIpc) is 2.43.